The molecule has 4 bridgehead atoms. The first-order valence-electron chi connectivity index (χ1n) is 8.92. The Bertz CT molecular complexity index is 749. The largest absolute Gasteiger partial charge is 0.507 e. The molecule has 2 unspecified atom stereocenters. The molecule has 4 aliphatic rings. The molecule has 1 aromatic carbocycles. The minimum atomic E-state index is -0.684. The Kier molecular flexibility index (Phi) is 3.58. The summed E-state index contributed by atoms with van der Waals surface area (Å²) >= 11 is 0. The molecule has 0 saturated heterocycles. The van der Waals surface area contributed by atoms with E-state index in [1.54, 1.807) is 18.2 Å². The lowest BCUT2D eigenvalue weighted by Gasteiger charge is -2.59. The van der Waals surface area contributed by atoms with Crippen LogP contribution in [0.5, 0.6) is 5.75 Å². The van der Waals surface area contributed by atoms with Gasteiger partial charge >= 0.3 is 5.97 Å². The molecule has 132 valence electrons. The van der Waals surface area contributed by atoms with Crippen LogP contribution in [0.2, 0.25) is 0 Å². The van der Waals surface area contributed by atoms with Crippen molar-refractivity contribution < 1.29 is 19.7 Å². The average molecular weight is 340 g/mol. The molecule has 4 heteroatoms. The Morgan fingerprint density at radius 2 is 1.92 bits per heavy atom. The number of aliphatic hydroxyl groups is 1. The van der Waals surface area contributed by atoms with Gasteiger partial charge in [-0.3, -0.25) is 0 Å². The fourth-order valence-corrected chi connectivity index (χ4v) is 5.59. The summed E-state index contributed by atoms with van der Waals surface area (Å²) < 4.78 is 5.93. The minimum Gasteiger partial charge on any atom is -0.507 e. The Morgan fingerprint density at radius 3 is 2.52 bits per heavy atom. The zero-order valence-electron chi connectivity index (χ0n) is 14.3. The fourth-order valence-electron chi connectivity index (χ4n) is 5.59. The van der Waals surface area contributed by atoms with Crippen LogP contribution in [0.4, 0.5) is 0 Å². The van der Waals surface area contributed by atoms with Crippen molar-refractivity contribution in [3.05, 3.63) is 42.5 Å². The van der Waals surface area contributed by atoms with Crippen LogP contribution in [-0.2, 0) is 9.53 Å². The Morgan fingerprint density at radius 1 is 1.24 bits per heavy atom. The van der Waals surface area contributed by atoms with E-state index < -0.39 is 17.2 Å². The summed E-state index contributed by atoms with van der Waals surface area (Å²) in [5.41, 5.74) is -0.202. The SMILES string of the molecule is C=Cc1cccc(C(=C)C(=O)OC23CC4CC(CC(O)(C4)C2)C3)c1O. The number of aromatic hydroxyl groups is 1. The summed E-state index contributed by atoms with van der Waals surface area (Å²) in [4.78, 5) is 12.7. The summed E-state index contributed by atoms with van der Waals surface area (Å²) in [5, 5.41) is 21.1. The van der Waals surface area contributed by atoms with Gasteiger partial charge in [-0.25, -0.2) is 4.79 Å². The number of benzene rings is 1. The number of hydrogen-bond acceptors (Lipinski definition) is 4. The van der Waals surface area contributed by atoms with E-state index in [0.717, 1.165) is 32.1 Å². The molecule has 0 radical (unpaired) electrons. The standard InChI is InChI=1S/C21H24O4/c1-3-16-5-4-6-17(18(16)22)13(2)19(23)25-21-10-14-7-15(11-21)9-20(24,8-14)12-21/h3-6,14-15,22,24H,1-2,7-12H2. The van der Waals surface area contributed by atoms with Gasteiger partial charge in [-0.15, -0.1) is 0 Å². The van der Waals surface area contributed by atoms with Gasteiger partial charge in [0.05, 0.1) is 11.2 Å². The van der Waals surface area contributed by atoms with Crippen molar-refractivity contribution in [2.75, 3.05) is 0 Å². The molecule has 4 nitrogen and oxygen atoms in total. The summed E-state index contributed by atoms with van der Waals surface area (Å²) in [6.07, 6.45) is 6.48. The first kappa shape index (κ1) is 16.4. The van der Waals surface area contributed by atoms with Crippen molar-refractivity contribution in [3.8, 4) is 5.75 Å². The number of ether oxygens (including phenoxy) is 1. The summed E-state index contributed by atoms with van der Waals surface area (Å²) in [5.74, 6) is 0.347. The molecule has 5 rings (SSSR count). The van der Waals surface area contributed by atoms with E-state index in [0.29, 0.717) is 29.4 Å². The number of hydrogen-bond donors (Lipinski definition) is 2. The number of phenolic OH excluding ortho intramolecular Hbond substituents is 1. The van der Waals surface area contributed by atoms with Gasteiger partial charge in [-0.1, -0.05) is 37.4 Å². The lowest BCUT2D eigenvalue weighted by atomic mass is 9.52. The Labute approximate surface area is 147 Å². The first-order chi connectivity index (χ1) is 11.8. The predicted octanol–water partition coefficient (Wildman–Crippen LogP) is 3.68. The molecule has 0 spiro atoms. The van der Waals surface area contributed by atoms with E-state index in [4.69, 9.17) is 4.74 Å². The van der Waals surface area contributed by atoms with E-state index in [-0.39, 0.29) is 11.3 Å². The molecule has 4 aliphatic carbocycles. The van der Waals surface area contributed by atoms with Crippen LogP contribution in [0.1, 0.15) is 49.7 Å². The lowest BCUT2D eigenvalue weighted by molar-refractivity contribution is -0.215. The molecule has 4 fully saturated rings. The van der Waals surface area contributed by atoms with Crippen molar-refractivity contribution in [2.45, 2.75) is 49.7 Å². The third kappa shape index (κ3) is 2.69. The Hall–Kier alpha value is -2.07. The van der Waals surface area contributed by atoms with Gasteiger partial charge in [0.2, 0.25) is 0 Å². The van der Waals surface area contributed by atoms with Gasteiger partial charge in [0, 0.05) is 17.5 Å². The number of para-hydroxylation sites is 1. The molecule has 0 aliphatic heterocycles. The topological polar surface area (TPSA) is 66.8 Å². The fraction of sp³-hybridized carbons (Fsp3) is 0.476. The van der Waals surface area contributed by atoms with Gasteiger partial charge in [-0.05, 0) is 43.9 Å². The molecule has 2 N–H and O–H groups in total. The summed E-state index contributed by atoms with van der Waals surface area (Å²) in [7, 11) is 0. The van der Waals surface area contributed by atoms with Crippen molar-refractivity contribution in [1.29, 1.82) is 0 Å². The van der Waals surface area contributed by atoms with E-state index >= 15 is 0 Å². The third-order valence-corrected chi connectivity index (χ3v) is 6.14. The molecule has 2 atom stereocenters. The van der Waals surface area contributed by atoms with Crippen molar-refractivity contribution >= 4 is 17.6 Å². The highest BCUT2D eigenvalue weighted by molar-refractivity contribution is 6.16. The van der Waals surface area contributed by atoms with Crippen molar-refractivity contribution in [1.82, 2.24) is 0 Å². The van der Waals surface area contributed by atoms with Crippen molar-refractivity contribution in [2.24, 2.45) is 11.8 Å². The molecule has 0 heterocycles. The van der Waals surface area contributed by atoms with Crippen LogP contribution in [0.25, 0.3) is 11.6 Å². The lowest BCUT2D eigenvalue weighted by Crippen LogP contribution is -2.60. The van der Waals surface area contributed by atoms with E-state index in [2.05, 4.69) is 13.2 Å². The summed E-state index contributed by atoms with van der Waals surface area (Å²) in [6.45, 7) is 7.50. The van der Waals surface area contributed by atoms with E-state index in [1.807, 2.05) is 0 Å². The van der Waals surface area contributed by atoms with Gasteiger partial charge in [0.25, 0.3) is 0 Å². The molecule has 0 amide bonds. The average Bonchev–Trinajstić information content (AvgIpc) is 2.51. The second kappa shape index (κ2) is 5.46. The molecular formula is C21H24O4. The molecule has 4 saturated carbocycles. The van der Waals surface area contributed by atoms with Crippen LogP contribution in [-0.4, -0.2) is 27.4 Å². The maximum Gasteiger partial charge on any atom is 0.338 e. The van der Waals surface area contributed by atoms with Gasteiger partial charge in [0.15, 0.2) is 0 Å². The number of carbonyl (C=O) groups excluding carboxylic acids is 1. The third-order valence-electron chi connectivity index (χ3n) is 6.14. The number of phenols is 1. The first-order valence-corrected chi connectivity index (χ1v) is 8.92. The normalized spacial score (nSPS) is 35.4. The van der Waals surface area contributed by atoms with E-state index in [9.17, 15) is 15.0 Å². The minimum absolute atomic E-state index is 0.0106. The highest BCUT2D eigenvalue weighted by Gasteiger charge is 2.59. The quantitative estimate of drug-likeness (QED) is 0.648. The van der Waals surface area contributed by atoms with Crippen LogP contribution in [0, 0.1) is 11.8 Å². The van der Waals surface area contributed by atoms with Crippen molar-refractivity contribution in [3.63, 3.8) is 0 Å². The molecule has 25 heavy (non-hydrogen) atoms. The highest BCUT2D eigenvalue weighted by atomic mass is 16.6. The monoisotopic (exact) mass is 340 g/mol. The van der Waals surface area contributed by atoms with Gasteiger partial charge in [0.1, 0.15) is 11.4 Å². The van der Waals surface area contributed by atoms with Crippen LogP contribution >= 0.6 is 0 Å². The maximum atomic E-state index is 12.7. The highest BCUT2D eigenvalue weighted by Crippen LogP contribution is 2.59. The zero-order chi connectivity index (χ0) is 17.8. The van der Waals surface area contributed by atoms with E-state index in [1.165, 1.54) is 6.08 Å². The Balaban J connectivity index is 1.56. The van der Waals surface area contributed by atoms with Crippen LogP contribution in [0.3, 0.4) is 0 Å². The second-order valence-corrected chi connectivity index (χ2v) is 8.18. The molecule has 1 aromatic rings. The predicted molar refractivity (Wildman–Crippen MR) is 95.7 cm³/mol. The second-order valence-electron chi connectivity index (χ2n) is 8.18. The van der Waals surface area contributed by atoms with Crippen LogP contribution in [0.15, 0.2) is 31.4 Å². The molecule has 0 aromatic heterocycles. The smallest absolute Gasteiger partial charge is 0.338 e. The van der Waals surface area contributed by atoms with Crippen LogP contribution < -0.4 is 0 Å². The maximum absolute atomic E-state index is 12.7. The summed E-state index contributed by atoms with van der Waals surface area (Å²) in [6, 6.07) is 5.12. The molecular weight excluding hydrogens is 316 g/mol. The number of rotatable bonds is 4. The van der Waals surface area contributed by atoms with Gasteiger partial charge < -0.3 is 14.9 Å². The number of carbonyl (C=O) groups is 1. The van der Waals surface area contributed by atoms with Gasteiger partial charge in [-0.2, -0.15) is 0 Å². The zero-order valence-corrected chi connectivity index (χ0v) is 14.3. The number of esters is 1.